The van der Waals surface area contributed by atoms with Crippen molar-refractivity contribution in [2.24, 2.45) is 7.05 Å². The molecule has 4 nitrogen and oxygen atoms in total. The lowest BCUT2D eigenvalue weighted by atomic mass is 10.1. The summed E-state index contributed by atoms with van der Waals surface area (Å²) in [6, 6.07) is 7.97. The summed E-state index contributed by atoms with van der Waals surface area (Å²) in [5, 5.41) is 4.42. The molecule has 1 aromatic carbocycles. The van der Waals surface area contributed by atoms with E-state index in [-0.39, 0.29) is 0 Å². The first-order valence-electron chi connectivity index (χ1n) is 6.31. The Labute approximate surface area is 108 Å². The van der Waals surface area contributed by atoms with Gasteiger partial charge in [0.15, 0.2) is 5.82 Å². The van der Waals surface area contributed by atoms with Crippen LogP contribution in [-0.4, -0.2) is 14.8 Å². The van der Waals surface area contributed by atoms with Crippen LogP contribution in [0.25, 0.3) is 0 Å². The number of nitrogens with two attached hydrogens (primary N) is 1. The molecule has 0 saturated carbocycles. The summed E-state index contributed by atoms with van der Waals surface area (Å²) in [4.78, 5) is 4.57. The van der Waals surface area contributed by atoms with Gasteiger partial charge in [-0.15, -0.1) is 0 Å². The summed E-state index contributed by atoms with van der Waals surface area (Å²) >= 11 is 0. The molecule has 4 heteroatoms. The van der Waals surface area contributed by atoms with Crippen LogP contribution in [0.15, 0.2) is 24.3 Å². The number of hydrogen-bond acceptors (Lipinski definition) is 3. The van der Waals surface area contributed by atoms with Gasteiger partial charge >= 0.3 is 0 Å². The smallest absolute Gasteiger partial charge is 0.153 e. The molecule has 18 heavy (non-hydrogen) atoms. The van der Waals surface area contributed by atoms with E-state index in [0.29, 0.717) is 5.92 Å². The Kier molecular flexibility index (Phi) is 3.65. The average molecular weight is 244 g/mol. The molecule has 0 amide bonds. The van der Waals surface area contributed by atoms with E-state index in [0.717, 1.165) is 30.2 Å². The zero-order chi connectivity index (χ0) is 13.1. The standard InChI is InChI=1S/C14H20N4/c1-10(2)14-16-13(18(3)17-14)9-8-11-6-4-5-7-12(11)15/h4-7,10H,8-9,15H2,1-3H3. The molecular formula is C14H20N4. The van der Waals surface area contributed by atoms with E-state index in [2.05, 4.69) is 30.0 Å². The highest BCUT2D eigenvalue weighted by Gasteiger charge is 2.10. The van der Waals surface area contributed by atoms with Gasteiger partial charge < -0.3 is 5.73 Å². The number of rotatable bonds is 4. The van der Waals surface area contributed by atoms with Crippen LogP contribution in [0.2, 0.25) is 0 Å². The molecule has 0 aliphatic heterocycles. The molecule has 2 aromatic rings. The van der Waals surface area contributed by atoms with E-state index < -0.39 is 0 Å². The molecule has 0 aliphatic rings. The van der Waals surface area contributed by atoms with Gasteiger partial charge in [0.1, 0.15) is 5.82 Å². The Balaban J connectivity index is 2.09. The number of benzene rings is 1. The molecule has 0 radical (unpaired) electrons. The van der Waals surface area contributed by atoms with Crippen LogP contribution in [0.3, 0.4) is 0 Å². The van der Waals surface area contributed by atoms with E-state index in [1.165, 1.54) is 5.56 Å². The second-order valence-electron chi connectivity index (χ2n) is 4.86. The lowest BCUT2D eigenvalue weighted by Gasteiger charge is -2.04. The maximum absolute atomic E-state index is 5.93. The van der Waals surface area contributed by atoms with Gasteiger partial charge in [0, 0.05) is 25.1 Å². The van der Waals surface area contributed by atoms with E-state index in [4.69, 9.17) is 5.73 Å². The Morgan fingerprint density at radius 3 is 2.56 bits per heavy atom. The molecule has 1 heterocycles. The van der Waals surface area contributed by atoms with Crippen molar-refractivity contribution in [2.45, 2.75) is 32.6 Å². The Hall–Kier alpha value is -1.84. The lowest BCUT2D eigenvalue weighted by molar-refractivity contribution is 0.676. The van der Waals surface area contributed by atoms with Crippen LogP contribution < -0.4 is 5.73 Å². The maximum Gasteiger partial charge on any atom is 0.153 e. The molecule has 2 N–H and O–H groups in total. The number of nitrogen functional groups attached to an aromatic ring is 1. The Morgan fingerprint density at radius 1 is 1.22 bits per heavy atom. The van der Waals surface area contributed by atoms with Crippen LogP contribution in [0.4, 0.5) is 5.69 Å². The van der Waals surface area contributed by atoms with Crippen LogP contribution in [0, 0.1) is 0 Å². The van der Waals surface area contributed by atoms with Crippen molar-refractivity contribution in [3.8, 4) is 0 Å². The average Bonchev–Trinajstić information content (AvgIpc) is 2.70. The quantitative estimate of drug-likeness (QED) is 0.840. The maximum atomic E-state index is 5.93. The predicted molar refractivity (Wildman–Crippen MR) is 73.4 cm³/mol. The molecule has 0 spiro atoms. The number of aromatic nitrogens is 3. The third kappa shape index (κ3) is 2.70. The molecule has 1 aromatic heterocycles. The van der Waals surface area contributed by atoms with Crippen molar-refractivity contribution in [3.63, 3.8) is 0 Å². The van der Waals surface area contributed by atoms with Gasteiger partial charge in [-0.2, -0.15) is 5.10 Å². The summed E-state index contributed by atoms with van der Waals surface area (Å²) < 4.78 is 1.87. The van der Waals surface area contributed by atoms with Gasteiger partial charge in [-0.3, -0.25) is 4.68 Å². The van der Waals surface area contributed by atoms with Crippen LogP contribution in [0.5, 0.6) is 0 Å². The number of para-hydroxylation sites is 1. The highest BCUT2D eigenvalue weighted by molar-refractivity contribution is 5.46. The molecule has 2 rings (SSSR count). The summed E-state index contributed by atoms with van der Waals surface area (Å²) in [7, 11) is 1.95. The largest absolute Gasteiger partial charge is 0.399 e. The lowest BCUT2D eigenvalue weighted by Crippen LogP contribution is -2.03. The molecule has 96 valence electrons. The van der Waals surface area contributed by atoms with Crippen molar-refractivity contribution in [1.29, 1.82) is 0 Å². The summed E-state index contributed by atoms with van der Waals surface area (Å²) in [5.74, 6) is 2.29. The summed E-state index contributed by atoms with van der Waals surface area (Å²) in [6.45, 7) is 4.21. The predicted octanol–water partition coefficient (Wildman–Crippen LogP) is 2.31. The van der Waals surface area contributed by atoms with Crippen molar-refractivity contribution in [2.75, 3.05) is 5.73 Å². The number of anilines is 1. The van der Waals surface area contributed by atoms with Crippen molar-refractivity contribution in [3.05, 3.63) is 41.5 Å². The van der Waals surface area contributed by atoms with Gasteiger partial charge in [-0.25, -0.2) is 4.98 Å². The fourth-order valence-electron chi connectivity index (χ4n) is 1.91. The molecular weight excluding hydrogens is 224 g/mol. The van der Waals surface area contributed by atoms with Gasteiger partial charge in [0.05, 0.1) is 0 Å². The molecule has 0 bridgehead atoms. The van der Waals surface area contributed by atoms with Gasteiger partial charge in [-0.1, -0.05) is 32.0 Å². The van der Waals surface area contributed by atoms with Gasteiger partial charge in [0.25, 0.3) is 0 Å². The molecule has 0 aliphatic carbocycles. The molecule has 0 unspecified atom stereocenters. The van der Waals surface area contributed by atoms with E-state index in [1.54, 1.807) is 0 Å². The second-order valence-corrected chi connectivity index (χ2v) is 4.86. The third-order valence-corrected chi connectivity index (χ3v) is 3.06. The molecule has 0 atom stereocenters. The van der Waals surface area contributed by atoms with Crippen LogP contribution in [0.1, 0.15) is 37.0 Å². The van der Waals surface area contributed by atoms with E-state index in [1.807, 2.05) is 29.9 Å². The highest BCUT2D eigenvalue weighted by Crippen LogP contribution is 2.15. The first-order chi connectivity index (χ1) is 8.58. The topological polar surface area (TPSA) is 56.7 Å². The highest BCUT2D eigenvalue weighted by atomic mass is 15.3. The fraction of sp³-hybridized carbons (Fsp3) is 0.429. The Morgan fingerprint density at radius 2 is 1.94 bits per heavy atom. The third-order valence-electron chi connectivity index (χ3n) is 3.06. The minimum Gasteiger partial charge on any atom is -0.399 e. The summed E-state index contributed by atoms with van der Waals surface area (Å²) in [5.41, 5.74) is 7.96. The Bertz CT molecular complexity index is 528. The minimum absolute atomic E-state index is 0.367. The number of nitrogens with zero attached hydrogens (tertiary/aromatic N) is 3. The monoisotopic (exact) mass is 244 g/mol. The van der Waals surface area contributed by atoms with Gasteiger partial charge in [0.2, 0.25) is 0 Å². The van der Waals surface area contributed by atoms with Crippen molar-refractivity contribution >= 4 is 5.69 Å². The number of hydrogen-bond donors (Lipinski definition) is 1. The molecule has 0 fully saturated rings. The SMILES string of the molecule is CC(C)c1nc(CCc2ccccc2N)n(C)n1. The second kappa shape index (κ2) is 5.21. The van der Waals surface area contributed by atoms with E-state index in [9.17, 15) is 0 Å². The summed E-state index contributed by atoms with van der Waals surface area (Å²) in [6.07, 6.45) is 1.77. The fourth-order valence-corrected chi connectivity index (χ4v) is 1.91. The van der Waals surface area contributed by atoms with Gasteiger partial charge in [-0.05, 0) is 18.1 Å². The minimum atomic E-state index is 0.367. The van der Waals surface area contributed by atoms with E-state index >= 15 is 0 Å². The first kappa shape index (κ1) is 12.6. The normalized spacial score (nSPS) is 11.1. The zero-order valence-electron chi connectivity index (χ0n) is 11.2. The zero-order valence-corrected chi connectivity index (χ0v) is 11.2. The first-order valence-corrected chi connectivity index (χ1v) is 6.31. The number of aryl methyl sites for hydroxylation is 3. The van der Waals surface area contributed by atoms with Crippen LogP contribution >= 0.6 is 0 Å². The van der Waals surface area contributed by atoms with Crippen LogP contribution in [-0.2, 0) is 19.9 Å². The van der Waals surface area contributed by atoms with Crippen molar-refractivity contribution in [1.82, 2.24) is 14.8 Å². The van der Waals surface area contributed by atoms with Crippen molar-refractivity contribution < 1.29 is 0 Å². The molecule has 0 saturated heterocycles.